The fourth-order valence-corrected chi connectivity index (χ4v) is 5.12. The van der Waals surface area contributed by atoms with Gasteiger partial charge in [-0.05, 0) is 83.3 Å². The molecule has 0 bridgehead atoms. The zero-order chi connectivity index (χ0) is 16.2. The maximum Gasteiger partial charge on any atom is 0.0188 e. The SMILES string of the molecule is CCCC1(CCC)CCC2(CCN(CC(C)N(C)C)C2)CC1. The number of likely N-dealkylation sites (tertiary alicyclic amines) is 1. The molecule has 1 saturated heterocycles. The van der Waals surface area contributed by atoms with Crippen LogP contribution in [0.4, 0.5) is 0 Å². The molecule has 1 spiro atoms. The largest absolute Gasteiger partial charge is 0.305 e. The lowest BCUT2D eigenvalue weighted by Gasteiger charge is -2.45. The van der Waals surface area contributed by atoms with E-state index >= 15 is 0 Å². The van der Waals surface area contributed by atoms with Crippen LogP contribution in [0.2, 0.25) is 0 Å². The van der Waals surface area contributed by atoms with Crippen molar-refractivity contribution in [2.75, 3.05) is 33.7 Å². The van der Waals surface area contributed by atoms with Gasteiger partial charge in [-0.3, -0.25) is 0 Å². The summed E-state index contributed by atoms with van der Waals surface area (Å²) in [6.45, 7) is 11.1. The molecule has 1 heterocycles. The maximum absolute atomic E-state index is 2.75. The molecule has 0 amide bonds. The molecule has 2 aliphatic rings. The molecule has 22 heavy (non-hydrogen) atoms. The van der Waals surface area contributed by atoms with Crippen LogP contribution in [0.5, 0.6) is 0 Å². The van der Waals surface area contributed by atoms with Crippen LogP contribution in [0.15, 0.2) is 0 Å². The molecule has 0 aromatic rings. The van der Waals surface area contributed by atoms with E-state index in [0.29, 0.717) is 16.9 Å². The highest BCUT2D eigenvalue weighted by Crippen LogP contribution is 2.53. The Hall–Kier alpha value is -0.0800. The van der Waals surface area contributed by atoms with Crippen LogP contribution in [-0.2, 0) is 0 Å². The highest BCUT2D eigenvalue weighted by Gasteiger charge is 2.45. The highest BCUT2D eigenvalue weighted by atomic mass is 15.2. The Balaban J connectivity index is 1.88. The minimum atomic E-state index is 0.678. The lowest BCUT2D eigenvalue weighted by Crippen LogP contribution is -2.40. The average molecular weight is 309 g/mol. The van der Waals surface area contributed by atoms with E-state index in [1.165, 1.54) is 77.4 Å². The Morgan fingerprint density at radius 1 is 0.955 bits per heavy atom. The topological polar surface area (TPSA) is 6.48 Å². The maximum atomic E-state index is 2.75. The van der Waals surface area contributed by atoms with Crippen molar-refractivity contribution in [3.05, 3.63) is 0 Å². The summed E-state index contributed by atoms with van der Waals surface area (Å²) in [7, 11) is 4.42. The third kappa shape index (κ3) is 4.26. The second kappa shape index (κ2) is 7.66. The first-order valence-electron chi connectivity index (χ1n) is 9.83. The van der Waals surface area contributed by atoms with Gasteiger partial charge in [0.2, 0.25) is 0 Å². The van der Waals surface area contributed by atoms with E-state index in [2.05, 4.69) is 44.7 Å². The van der Waals surface area contributed by atoms with Gasteiger partial charge in [0.05, 0.1) is 0 Å². The number of likely N-dealkylation sites (N-methyl/N-ethyl adjacent to an activating group) is 1. The first kappa shape index (κ1) is 18.3. The van der Waals surface area contributed by atoms with Crippen molar-refractivity contribution in [1.82, 2.24) is 9.80 Å². The minimum absolute atomic E-state index is 0.678. The van der Waals surface area contributed by atoms with Crippen molar-refractivity contribution in [1.29, 1.82) is 0 Å². The molecule has 0 N–H and O–H groups in total. The van der Waals surface area contributed by atoms with Crippen LogP contribution in [0.1, 0.15) is 78.6 Å². The van der Waals surface area contributed by atoms with E-state index < -0.39 is 0 Å². The van der Waals surface area contributed by atoms with Crippen molar-refractivity contribution >= 4 is 0 Å². The van der Waals surface area contributed by atoms with Gasteiger partial charge in [-0.2, -0.15) is 0 Å². The van der Waals surface area contributed by atoms with E-state index in [0.717, 1.165) is 0 Å². The van der Waals surface area contributed by atoms with E-state index in [1.807, 2.05) is 0 Å². The van der Waals surface area contributed by atoms with Gasteiger partial charge < -0.3 is 9.80 Å². The summed E-state index contributed by atoms with van der Waals surface area (Å²) in [4.78, 5) is 5.11. The third-order valence-corrected chi connectivity index (χ3v) is 6.85. The Bertz CT molecular complexity index is 321. The van der Waals surface area contributed by atoms with Gasteiger partial charge >= 0.3 is 0 Å². The van der Waals surface area contributed by atoms with Gasteiger partial charge in [0.1, 0.15) is 0 Å². The summed E-state index contributed by atoms with van der Waals surface area (Å²) in [5.41, 5.74) is 1.39. The number of nitrogens with zero attached hydrogens (tertiary/aromatic N) is 2. The number of rotatable bonds is 7. The normalized spacial score (nSPS) is 25.9. The summed E-state index contributed by atoms with van der Waals surface area (Å²) in [5, 5.41) is 0. The van der Waals surface area contributed by atoms with Gasteiger partial charge in [0, 0.05) is 19.1 Å². The molecule has 2 heteroatoms. The van der Waals surface area contributed by atoms with Crippen LogP contribution in [0.25, 0.3) is 0 Å². The molecule has 2 nitrogen and oxygen atoms in total. The summed E-state index contributed by atoms with van der Waals surface area (Å²) in [5.74, 6) is 0. The third-order valence-electron chi connectivity index (χ3n) is 6.85. The predicted octanol–water partition coefficient (Wildman–Crippen LogP) is 4.79. The van der Waals surface area contributed by atoms with E-state index in [-0.39, 0.29) is 0 Å². The molecule has 130 valence electrons. The van der Waals surface area contributed by atoms with Crippen molar-refractivity contribution in [3.63, 3.8) is 0 Å². The molecule has 1 unspecified atom stereocenters. The second-order valence-corrected chi connectivity index (χ2v) is 8.80. The molecule has 2 fully saturated rings. The Labute approximate surface area is 139 Å². The summed E-state index contributed by atoms with van der Waals surface area (Å²) >= 11 is 0. The molecule has 1 atom stereocenters. The number of hydrogen-bond acceptors (Lipinski definition) is 2. The zero-order valence-electron chi connectivity index (χ0n) is 16.0. The van der Waals surface area contributed by atoms with Crippen molar-refractivity contribution in [2.45, 2.75) is 84.6 Å². The van der Waals surface area contributed by atoms with Gasteiger partial charge in [-0.15, -0.1) is 0 Å². The Morgan fingerprint density at radius 3 is 2.05 bits per heavy atom. The standard InChI is InChI=1S/C20H40N2/c1-6-8-19(9-7-2)10-12-20(13-11-19)14-15-22(17-20)16-18(3)21(4)5/h18H,6-17H2,1-5H3. The Kier molecular flexibility index (Phi) is 6.36. The Morgan fingerprint density at radius 2 is 1.55 bits per heavy atom. The lowest BCUT2D eigenvalue weighted by molar-refractivity contribution is 0.0629. The molecular weight excluding hydrogens is 268 g/mol. The average Bonchev–Trinajstić information content (AvgIpc) is 2.86. The quantitative estimate of drug-likeness (QED) is 0.667. The van der Waals surface area contributed by atoms with E-state index in [4.69, 9.17) is 0 Å². The predicted molar refractivity (Wildman–Crippen MR) is 97.4 cm³/mol. The van der Waals surface area contributed by atoms with Gasteiger partial charge in [0.25, 0.3) is 0 Å². The lowest BCUT2D eigenvalue weighted by atomic mass is 9.60. The van der Waals surface area contributed by atoms with Crippen molar-refractivity contribution in [2.24, 2.45) is 10.8 Å². The van der Waals surface area contributed by atoms with Gasteiger partial charge in [-0.1, -0.05) is 26.7 Å². The fraction of sp³-hybridized carbons (Fsp3) is 1.00. The second-order valence-electron chi connectivity index (χ2n) is 8.80. The molecule has 1 aliphatic carbocycles. The fourth-order valence-electron chi connectivity index (χ4n) is 5.12. The van der Waals surface area contributed by atoms with Crippen LogP contribution in [0.3, 0.4) is 0 Å². The van der Waals surface area contributed by atoms with E-state index in [9.17, 15) is 0 Å². The molecule has 2 rings (SSSR count). The van der Waals surface area contributed by atoms with Crippen LogP contribution in [-0.4, -0.2) is 49.6 Å². The molecular formula is C20H40N2. The van der Waals surface area contributed by atoms with Crippen LogP contribution >= 0.6 is 0 Å². The van der Waals surface area contributed by atoms with Gasteiger partial charge in [-0.25, -0.2) is 0 Å². The van der Waals surface area contributed by atoms with E-state index in [1.54, 1.807) is 0 Å². The number of hydrogen-bond donors (Lipinski definition) is 0. The molecule has 0 radical (unpaired) electrons. The summed E-state index contributed by atoms with van der Waals surface area (Å²) in [6.07, 6.45) is 13.2. The highest BCUT2D eigenvalue weighted by molar-refractivity contribution is 4.98. The first-order valence-corrected chi connectivity index (χ1v) is 9.83. The molecule has 0 aromatic carbocycles. The molecule has 0 aromatic heterocycles. The van der Waals surface area contributed by atoms with Crippen molar-refractivity contribution in [3.8, 4) is 0 Å². The van der Waals surface area contributed by atoms with Crippen molar-refractivity contribution < 1.29 is 0 Å². The summed E-state index contributed by atoms with van der Waals surface area (Å²) < 4.78 is 0. The monoisotopic (exact) mass is 308 g/mol. The molecule has 1 aliphatic heterocycles. The first-order chi connectivity index (χ1) is 10.4. The van der Waals surface area contributed by atoms with Crippen LogP contribution in [0, 0.1) is 10.8 Å². The smallest absolute Gasteiger partial charge is 0.0188 e. The van der Waals surface area contributed by atoms with Crippen LogP contribution < -0.4 is 0 Å². The zero-order valence-corrected chi connectivity index (χ0v) is 16.0. The summed E-state index contributed by atoms with van der Waals surface area (Å²) in [6, 6.07) is 0.679. The van der Waals surface area contributed by atoms with Gasteiger partial charge in [0.15, 0.2) is 0 Å². The molecule has 1 saturated carbocycles. The minimum Gasteiger partial charge on any atom is -0.305 e.